The predicted molar refractivity (Wildman–Crippen MR) is 70.2 cm³/mol. The predicted octanol–water partition coefficient (Wildman–Crippen LogP) is 2.76. The van der Waals surface area contributed by atoms with Gasteiger partial charge in [0.1, 0.15) is 12.4 Å². The van der Waals surface area contributed by atoms with Crippen LogP contribution >= 0.6 is 0 Å². The first-order valence-electron chi connectivity index (χ1n) is 6.15. The van der Waals surface area contributed by atoms with E-state index in [1.165, 1.54) is 0 Å². The van der Waals surface area contributed by atoms with Crippen molar-refractivity contribution in [2.75, 3.05) is 19.8 Å². The molecule has 0 saturated heterocycles. The molecule has 17 heavy (non-hydrogen) atoms. The number of nitrogens with two attached hydrogens (primary N) is 1. The minimum atomic E-state index is 0.0680. The molecule has 3 nitrogen and oxygen atoms in total. The third-order valence-corrected chi connectivity index (χ3v) is 2.35. The summed E-state index contributed by atoms with van der Waals surface area (Å²) in [4.78, 5) is 0. The third kappa shape index (κ3) is 5.71. The van der Waals surface area contributed by atoms with Crippen LogP contribution in [-0.2, 0) is 4.74 Å². The maximum atomic E-state index is 5.77. The summed E-state index contributed by atoms with van der Waals surface area (Å²) in [5.74, 6) is 1.43. The molecule has 2 N–H and O–H groups in total. The maximum Gasteiger partial charge on any atom is 0.119 e. The monoisotopic (exact) mass is 237 g/mol. The highest BCUT2D eigenvalue weighted by molar-refractivity contribution is 5.28. The fourth-order valence-electron chi connectivity index (χ4n) is 1.41. The molecule has 0 aromatic heterocycles. The number of hydrogen-bond acceptors (Lipinski definition) is 3. The van der Waals surface area contributed by atoms with Crippen LogP contribution in [0.15, 0.2) is 24.3 Å². The Morgan fingerprint density at radius 3 is 2.24 bits per heavy atom. The van der Waals surface area contributed by atoms with Gasteiger partial charge in [0, 0.05) is 12.6 Å². The van der Waals surface area contributed by atoms with Crippen LogP contribution in [-0.4, -0.2) is 19.8 Å². The van der Waals surface area contributed by atoms with E-state index in [1.54, 1.807) is 0 Å². The normalized spacial score (nSPS) is 12.8. The number of rotatable bonds is 7. The van der Waals surface area contributed by atoms with Gasteiger partial charge in [0.25, 0.3) is 0 Å². The van der Waals surface area contributed by atoms with Crippen molar-refractivity contribution in [1.82, 2.24) is 0 Å². The first kappa shape index (κ1) is 14.0. The van der Waals surface area contributed by atoms with E-state index in [4.69, 9.17) is 15.2 Å². The van der Waals surface area contributed by atoms with E-state index in [-0.39, 0.29) is 6.04 Å². The Morgan fingerprint density at radius 2 is 1.71 bits per heavy atom. The highest BCUT2D eigenvalue weighted by Crippen LogP contribution is 2.15. The smallest absolute Gasteiger partial charge is 0.119 e. The lowest BCUT2D eigenvalue weighted by Gasteiger charge is -2.10. The topological polar surface area (TPSA) is 44.5 Å². The van der Waals surface area contributed by atoms with Crippen molar-refractivity contribution in [1.29, 1.82) is 0 Å². The van der Waals surface area contributed by atoms with Gasteiger partial charge in [0.2, 0.25) is 0 Å². The molecule has 0 heterocycles. The molecular weight excluding hydrogens is 214 g/mol. The molecule has 0 bridgehead atoms. The van der Waals surface area contributed by atoms with Gasteiger partial charge in [-0.2, -0.15) is 0 Å². The van der Waals surface area contributed by atoms with Gasteiger partial charge in [-0.1, -0.05) is 26.0 Å². The Morgan fingerprint density at radius 1 is 1.06 bits per heavy atom. The molecule has 0 unspecified atom stereocenters. The number of hydrogen-bond donors (Lipinski definition) is 1. The average Bonchev–Trinajstić information content (AvgIpc) is 2.29. The van der Waals surface area contributed by atoms with E-state index in [9.17, 15) is 0 Å². The van der Waals surface area contributed by atoms with Gasteiger partial charge < -0.3 is 15.2 Å². The van der Waals surface area contributed by atoms with Crippen LogP contribution in [0.25, 0.3) is 0 Å². The Labute approximate surface area is 104 Å². The molecule has 1 atom stereocenters. The van der Waals surface area contributed by atoms with Gasteiger partial charge >= 0.3 is 0 Å². The van der Waals surface area contributed by atoms with Crippen molar-refractivity contribution in [3.63, 3.8) is 0 Å². The second-order valence-corrected chi connectivity index (χ2v) is 4.67. The van der Waals surface area contributed by atoms with Crippen molar-refractivity contribution >= 4 is 0 Å². The van der Waals surface area contributed by atoms with Crippen molar-refractivity contribution in [2.24, 2.45) is 11.7 Å². The molecule has 0 saturated carbocycles. The quantitative estimate of drug-likeness (QED) is 0.742. The summed E-state index contributed by atoms with van der Waals surface area (Å²) in [6.45, 7) is 8.24. The summed E-state index contributed by atoms with van der Waals surface area (Å²) in [7, 11) is 0. The zero-order chi connectivity index (χ0) is 12.7. The molecule has 1 aromatic carbocycles. The summed E-state index contributed by atoms with van der Waals surface area (Å²) in [5.41, 5.74) is 6.89. The summed E-state index contributed by atoms with van der Waals surface area (Å²) in [6, 6.07) is 7.95. The molecule has 96 valence electrons. The van der Waals surface area contributed by atoms with Gasteiger partial charge in [-0.25, -0.2) is 0 Å². The van der Waals surface area contributed by atoms with Gasteiger partial charge in [-0.15, -0.1) is 0 Å². The van der Waals surface area contributed by atoms with Crippen LogP contribution < -0.4 is 10.5 Å². The molecular formula is C14H23NO2. The van der Waals surface area contributed by atoms with E-state index in [2.05, 4.69) is 13.8 Å². The minimum Gasteiger partial charge on any atom is -0.491 e. The lowest BCUT2D eigenvalue weighted by Crippen LogP contribution is -2.10. The van der Waals surface area contributed by atoms with E-state index in [0.717, 1.165) is 17.9 Å². The molecule has 0 spiro atoms. The molecule has 0 fully saturated rings. The molecule has 3 heteroatoms. The molecule has 1 rings (SSSR count). The van der Waals surface area contributed by atoms with Crippen LogP contribution in [0.1, 0.15) is 32.4 Å². The summed E-state index contributed by atoms with van der Waals surface area (Å²) >= 11 is 0. The maximum absolute atomic E-state index is 5.77. The zero-order valence-corrected chi connectivity index (χ0v) is 11.0. The van der Waals surface area contributed by atoms with Crippen molar-refractivity contribution < 1.29 is 9.47 Å². The van der Waals surface area contributed by atoms with Crippen LogP contribution in [0.2, 0.25) is 0 Å². The van der Waals surface area contributed by atoms with Crippen molar-refractivity contribution in [2.45, 2.75) is 26.8 Å². The highest BCUT2D eigenvalue weighted by atomic mass is 16.5. The molecule has 0 amide bonds. The second kappa shape index (κ2) is 7.30. The van der Waals surface area contributed by atoms with Crippen LogP contribution in [0, 0.1) is 5.92 Å². The Kier molecular flexibility index (Phi) is 6.01. The standard InChI is InChI=1S/C14H23NO2/c1-11(2)10-16-8-9-17-14-6-4-13(5-7-14)12(3)15/h4-7,11-12H,8-10,15H2,1-3H3/t12-/m1/s1. The second-order valence-electron chi connectivity index (χ2n) is 4.67. The lowest BCUT2D eigenvalue weighted by atomic mass is 10.1. The molecule has 1 aromatic rings. The van der Waals surface area contributed by atoms with Gasteiger partial charge in [-0.3, -0.25) is 0 Å². The molecule has 0 aliphatic heterocycles. The SMILES string of the molecule is CC(C)COCCOc1ccc([C@@H](C)N)cc1. The summed E-state index contributed by atoms with van der Waals surface area (Å²) in [6.07, 6.45) is 0. The number of benzene rings is 1. The fraction of sp³-hybridized carbons (Fsp3) is 0.571. The van der Waals surface area contributed by atoms with Gasteiger partial charge in [0.15, 0.2) is 0 Å². The van der Waals surface area contributed by atoms with E-state index < -0.39 is 0 Å². The number of ether oxygens (including phenoxy) is 2. The first-order valence-corrected chi connectivity index (χ1v) is 6.15. The summed E-state index contributed by atoms with van der Waals surface area (Å²) < 4.78 is 11.0. The van der Waals surface area contributed by atoms with Crippen LogP contribution in [0.3, 0.4) is 0 Å². The lowest BCUT2D eigenvalue weighted by molar-refractivity contribution is 0.0819. The van der Waals surface area contributed by atoms with E-state index in [0.29, 0.717) is 19.1 Å². The average molecular weight is 237 g/mol. The first-order chi connectivity index (χ1) is 8.09. The Hall–Kier alpha value is -1.06. The highest BCUT2D eigenvalue weighted by Gasteiger charge is 1.99. The summed E-state index contributed by atoms with van der Waals surface area (Å²) in [5, 5.41) is 0. The molecule has 0 aliphatic carbocycles. The minimum absolute atomic E-state index is 0.0680. The molecule has 0 radical (unpaired) electrons. The van der Waals surface area contributed by atoms with Crippen LogP contribution in [0.4, 0.5) is 0 Å². The Bertz CT molecular complexity index is 307. The van der Waals surface area contributed by atoms with Crippen molar-refractivity contribution in [3.8, 4) is 5.75 Å². The van der Waals surface area contributed by atoms with Crippen molar-refractivity contribution in [3.05, 3.63) is 29.8 Å². The largest absolute Gasteiger partial charge is 0.491 e. The zero-order valence-electron chi connectivity index (χ0n) is 11.0. The third-order valence-electron chi connectivity index (χ3n) is 2.35. The van der Waals surface area contributed by atoms with E-state index in [1.807, 2.05) is 31.2 Å². The molecule has 0 aliphatic rings. The van der Waals surface area contributed by atoms with Gasteiger partial charge in [0.05, 0.1) is 6.61 Å². The van der Waals surface area contributed by atoms with Crippen LogP contribution in [0.5, 0.6) is 5.75 Å². The van der Waals surface area contributed by atoms with Gasteiger partial charge in [-0.05, 0) is 30.5 Å². The van der Waals surface area contributed by atoms with E-state index >= 15 is 0 Å². The fourth-order valence-corrected chi connectivity index (χ4v) is 1.41. The Balaban J connectivity index is 2.23.